The van der Waals surface area contributed by atoms with Crippen molar-refractivity contribution in [1.29, 1.82) is 0 Å². The zero-order valence-electron chi connectivity index (χ0n) is 16.4. The van der Waals surface area contributed by atoms with Gasteiger partial charge in [-0.15, -0.1) is 0 Å². The van der Waals surface area contributed by atoms with Gasteiger partial charge in [-0.05, 0) is 45.3 Å². The van der Waals surface area contributed by atoms with Crippen LogP contribution in [0, 0.1) is 0 Å². The first-order valence-electron chi connectivity index (χ1n) is 8.83. The van der Waals surface area contributed by atoms with E-state index in [4.69, 9.17) is 0 Å². The fraction of sp³-hybridized carbons (Fsp3) is 0.208. The summed E-state index contributed by atoms with van der Waals surface area (Å²) >= 11 is 0. The van der Waals surface area contributed by atoms with E-state index in [9.17, 15) is 0 Å². The van der Waals surface area contributed by atoms with Gasteiger partial charge in [-0.2, -0.15) is 5.10 Å². The van der Waals surface area contributed by atoms with Crippen molar-refractivity contribution in [3.05, 3.63) is 102 Å². The summed E-state index contributed by atoms with van der Waals surface area (Å²) in [5.41, 5.74) is 9.38. The number of nitrogens with zero attached hydrogens (tertiary/aromatic N) is 1. The Hall–Kier alpha value is -2.87. The third kappa shape index (κ3) is 7.35. The Morgan fingerprint density at radius 1 is 1.08 bits per heavy atom. The highest BCUT2D eigenvalue weighted by Crippen LogP contribution is 2.18. The fourth-order valence-corrected chi connectivity index (χ4v) is 2.40. The SMILES string of the molecule is C=C(/C=C\C=C/C)C/C(=C/N/N=C(C)\C(=C\C)c1ccccc1)C(=C)C. The number of hydrogen-bond donors (Lipinski definition) is 1. The lowest BCUT2D eigenvalue weighted by Crippen LogP contribution is -2.05. The normalized spacial score (nSPS) is 13.5. The fourth-order valence-electron chi connectivity index (χ4n) is 2.40. The molecular weight excluding hydrogens is 316 g/mol. The van der Waals surface area contributed by atoms with Crippen molar-refractivity contribution in [1.82, 2.24) is 5.43 Å². The molecule has 0 aliphatic carbocycles. The van der Waals surface area contributed by atoms with E-state index in [0.717, 1.165) is 40.0 Å². The molecule has 0 bridgehead atoms. The lowest BCUT2D eigenvalue weighted by molar-refractivity contribution is 0.941. The highest BCUT2D eigenvalue weighted by atomic mass is 15.3. The van der Waals surface area contributed by atoms with E-state index in [2.05, 4.69) is 41.9 Å². The van der Waals surface area contributed by atoms with Gasteiger partial charge in [-0.3, -0.25) is 5.43 Å². The molecule has 0 fully saturated rings. The lowest BCUT2D eigenvalue weighted by Gasteiger charge is -2.09. The highest BCUT2D eigenvalue weighted by Gasteiger charge is 2.04. The molecule has 0 spiro atoms. The van der Waals surface area contributed by atoms with Crippen LogP contribution in [0.3, 0.4) is 0 Å². The maximum Gasteiger partial charge on any atom is 0.0650 e. The maximum atomic E-state index is 4.50. The minimum Gasteiger partial charge on any atom is -0.285 e. The van der Waals surface area contributed by atoms with Gasteiger partial charge in [0.1, 0.15) is 0 Å². The second-order valence-electron chi connectivity index (χ2n) is 6.06. The summed E-state index contributed by atoms with van der Waals surface area (Å²) in [4.78, 5) is 0. The largest absolute Gasteiger partial charge is 0.285 e. The van der Waals surface area contributed by atoms with Gasteiger partial charge >= 0.3 is 0 Å². The Morgan fingerprint density at radius 3 is 2.35 bits per heavy atom. The molecule has 1 rings (SSSR count). The average molecular weight is 347 g/mol. The molecule has 0 amide bonds. The Balaban J connectivity index is 2.84. The summed E-state index contributed by atoms with van der Waals surface area (Å²) < 4.78 is 0. The third-order valence-corrected chi connectivity index (χ3v) is 3.84. The van der Waals surface area contributed by atoms with Crippen LogP contribution in [-0.2, 0) is 0 Å². The van der Waals surface area contributed by atoms with Gasteiger partial charge in [0.05, 0.1) is 5.71 Å². The van der Waals surface area contributed by atoms with Crippen molar-refractivity contribution < 1.29 is 0 Å². The van der Waals surface area contributed by atoms with Gasteiger partial charge in [0, 0.05) is 11.8 Å². The minimum atomic E-state index is 0.736. The predicted octanol–water partition coefficient (Wildman–Crippen LogP) is 6.59. The molecule has 0 aliphatic rings. The molecule has 0 aromatic heterocycles. The Labute approximate surface area is 158 Å². The monoisotopic (exact) mass is 346 g/mol. The molecule has 0 heterocycles. The van der Waals surface area contributed by atoms with E-state index >= 15 is 0 Å². The molecule has 1 aromatic rings. The van der Waals surface area contributed by atoms with E-state index in [1.54, 1.807) is 0 Å². The number of allylic oxidation sites excluding steroid dienone is 9. The minimum absolute atomic E-state index is 0.736. The van der Waals surface area contributed by atoms with Crippen LogP contribution in [0.15, 0.2) is 102 Å². The molecule has 2 nitrogen and oxygen atoms in total. The summed E-state index contributed by atoms with van der Waals surface area (Å²) in [5.74, 6) is 0. The topological polar surface area (TPSA) is 24.4 Å². The molecule has 0 aliphatic heterocycles. The van der Waals surface area contributed by atoms with E-state index in [0.29, 0.717) is 0 Å². The molecule has 0 radical (unpaired) electrons. The first kappa shape index (κ1) is 21.2. The van der Waals surface area contributed by atoms with Gasteiger partial charge in [-0.1, -0.05) is 85.0 Å². The molecule has 0 atom stereocenters. The Bertz CT molecular complexity index is 757. The molecule has 0 saturated carbocycles. The molecule has 1 aromatic carbocycles. The van der Waals surface area contributed by atoms with E-state index in [1.807, 2.05) is 76.4 Å². The summed E-state index contributed by atoms with van der Waals surface area (Å²) in [6.45, 7) is 16.2. The zero-order chi connectivity index (χ0) is 19.4. The first-order chi connectivity index (χ1) is 12.5. The molecule has 136 valence electrons. The van der Waals surface area contributed by atoms with Crippen LogP contribution in [0.25, 0.3) is 5.57 Å². The molecule has 26 heavy (non-hydrogen) atoms. The zero-order valence-corrected chi connectivity index (χ0v) is 16.4. The van der Waals surface area contributed by atoms with Gasteiger partial charge in [0.2, 0.25) is 0 Å². The average Bonchev–Trinajstić information content (AvgIpc) is 2.62. The second kappa shape index (κ2) is 11.6. The number of hydrazone groups is 1. The van der Waals surface area contributed by atoms with Crippen LogP contribution in [0.1, 0.15) is 39.7 Å². The highest BCUT2D eigenvalue weighted by molar-refractivity contribution is 6.22. The molecule has 2 heteroatoms. The van der Waals surface area contributed by atoms with Crippen LogP contribution >= 0.6 is 0 Å². The van der Waals surface area contributed by atoms with Gasteiger partial charge < -0.3 is 0 Å². The lowest BCUT2D eigenvalue weighted by atomic mass is 10.0. The summed E-state index contributed by atoms with van der Waals surface area (Å²) in [5, 5.41) is 4.50. The van der Waals surface area contributed by atoms with E-state index < -0.39 is 0 Å². The quantitative estimate of drug-likeness (QED) is 0.304. The van der Waals surface area contributed by atoms with Gasteiger partial charge in [0.25, 0.3) is 0 Å². The molecular formula is C24H30N2. The van der Waals surface area contributed by atoms with Crippen molar-refractivity contribution in [2.75, 3.05) is 0 Å². The number of hydrogen-bond acceptors (Lipinski definition) is 2. The summed E-state index contributed by atoms with van der Waals surface area (Å²) in [7, 11) is 0. The van der Waals surface area contributed by atoms with Gasteiger partial charge in [0.15, 0.2) is 0 Å². The first-order valence-corrected chi connectivity index (χ1v) is 8.83. The van der Waals surface area contributed by atoms with Crippen LogP contribution in [0.4, 0.5) is 0 Å². The second-order valence-corrected chi connectivity index (χ2v) is 6.06. The van der Waals surface area contributed by atoms with Crippen LogP contribution in [0.5, 0.6) is 0 Å². The molecule has 1 N–H and O–H groups in total. The van der Waals surface area contributed by atoms with Crippen LogP contribution in [0.2, 0.25) is 0 Å². The molecule has 0 saturated heterocycles. The standard InChI is InChI=1S/C24H30N2/c1-7-9-11-14-20(5)17-23(19(3)4)18-25-26-21(6)24(8-2)22-15-12-10-13-16-22/h7-16,18,25H,3,5,17H2,1-2,4,6H3/b9-7-,14-11-,23-18-,24-8-,26-21-. The predicted molar refractivity (Wildman–Crippen MR) is 117 cm³/mol. The third-order valence-electron chi connectivity index (χ3n) is 3.84. The number of rotatable bonds is 9. The van der Waals surface area contributed by atoms with Crippen molar-refractivity contribution in [3.8, 4) is 0 Å². The molecule has 0 unspecified atom stereocenters. The summed E-state index contributed by atoms with van der Waals surface area (Å²) in [6.07, 6.45) is 12.7. The van der Waals surface area contributed by atoms with Crippen LogP contribution < -0.4 is 5.43 Å². The Kier molecular flexibility index (Phi) is 9.48. The Morgan fingerprint density at radius 2 is 1.77 bits per heavy atom. The van der Waals surface area contributed by atoms with Gasteiger partial charge in [-0.25, -0.2) is 0 Å². The van der Waals surface area contributed by atoms with Crippen molar-refractivity contribution in [3.63, 3.8) is 0 Å². The number of benzene rings is 1. The van der Waals surface area contributed by atoms with E-state index in [-0.39, 0.29) is 0 Å². The smallest absolute Gasteiger partial charge is 0.0650 e. The summed E-state index contributed by atoms with van der Waals surface area (Å²) in [6, 6.07) is 10.3. The van der Waals surface area contributed by atoms with Crippen LogP contribution in [-0.4, -0.2) is 5.71 Å². The van der Waals surface area contributed by atoms with Crippen molar-refractivity contribution in [2.45, 2.75) is 34.1 Å². The van der Waals surface area contributed by atoms with Crippen molar-refractivity contribution >= 4 is 11.3 Å². The van der Waals surface area contributed by atoms with Crippen molar-refractivity contribution in [2.24, 2.45) is 5.10 Å². The maximum absolute atomic E-state index is 4.50. The number of nitrogens with one attached hydrogen (secondary N) is 1. The van der Waals surface area contributed by atoms with E-state index in [1.165, 1.54) is 0 Å².